The first kappa shape index (κ1) is 21.7. The molecule has 0 unspecified atom stereocenters. The van der Waals surface area contributed by atoms with Crippen LogP contribution in [-0.2, 0) is 9.59 Å². The van der Waals surface area contributed by atoms with E-state index < -0.39 is 6.04 Å². The Morgan fingerprint density at radius 2 is 1.87 bits per heavy atom. The number of methoxy groups -OCH3 is 1. The summed E-state index contributed by atoms with van der Waals surface area (Å²) in [6.45, 7) is 2.70. The summed E-state index contributed by atoms with van der Waals surface area (Å²) in [4.78, 5) is 26.7. The molecule has 2 aromatic carbocycles. The number of likely N-dealkylation sites (N-methyl/N-ethyl adjacent to an activating group) is 1. The van der Waals surface area contributed by atoms with Crippen LogP contribution in [0.3, 0.4) is 0 Å². The zero-order valence-corrected chi connectivity index (χ0v) is 17.8. The molecule has 0 bridgehead atoms. The average Bonchev–Trinajstić information content (AvgIpc) is 2.73. The van der Waals surface area contributed by atoms with Gasteiger partial charge in [-0.3, -0.25) is 14.5 Å². The molecular weight excluding hydrogens is 410 g/mol. The Morgan fingerprint density at radius 3 is 2.60 bits per heavy atom. The lowest BCUT2D eigenvalue weighted by Gasteiger charge is -2.24. The smallest absolute Gasteiger partial charge is 0.241 e. The molecule has 0 radical (unpaired) electrons. The Bertz CT molecular complexity index is 937. The molecule has 1 atom stereocenters. The van der Waals surface area contributed by atoms with Crippen molar-refractivity contribution in [2.45, 2.75) is 13.0 Å². The maximum absolute atomic E-state index is 12.6. The molecule has 3 rings (SSSR count). The number of anilines is 2. The topological polar surface area (TPSA) is 89.1 Å². The van der Waals surface area contributed by atoms with Crippen LogP contribution in [0.15, 0.2) is 36.4 Å². The molecule has 9 heteroatoms. The van der Waals surface area contributed by atoms with Gasteiger partial charge in [-0.25, -0.2) is 0 Å². The van der Waals surface area contributed by atoms with Gasteiger partial charge in [0, 0.05) is 16.8 Å². The molecule has 1 heterocycles. The lowest BCUT2D eigenvalue weighted by atomic mass is 10.2. The van der Waals surface area contributed by atoms with Crippen LogP contribution < -0.4 is 24.8 Å². The molecule has 2 N–H and O–H groups in total. The number of benzene rings is 2. The first-order chi connectivity index (χ1) is 14.4. The van der Waals surface area contributed by atoms with E-state index >= 15 is 0 Å². The quantitative estimate of drug-likeness (QED) is 0.697. The summed E-state index contributed by atoms with van der Waals surface area (Å²) in [5.74, 6) is 1.20. The molecule has 160 valence electrons. The normalized spacial score (nSPS) is 13.5. The van der Waals surface area contributed by atoms with Crippen molar-refractivity contribution in [3.05, 3.63) is 41.4 Å². The molecule has 0 saturated heterocycles. The Balaban J connectivity index is 1.57. The van der Waals surface area contributed by atoms with Gasteiger partial charge in [0.05, 0.1) is 25.4 Å². The predicted octanol–water partition coefficient (Wildman–Crippen LogP) is 3.02. The van der Waals surface area contributed by atoms with Gasteiger partial charge < -0.3 is 24.8 Å². The molecule has 0 fully saturated rings. The monoisotopic (exact) mass is 433 g/mol. The fourth-order valence-corrected chi connectivity index (χ4v) is 3.07. The second-order valence-corrected chi connectivity index (χ2v) is 7.27. The highest BCUT2D eigenvalue weighted by Gasteiger charge is 2.22. The van der Waals surface area contributed by atoms with Crippen LogP contribution in [0.25, 0.3) is 0 Å². The maximum atomic E-state index is 12.6. The van der Waals surface area contributed by atoms with Gasteiger partial charge >= 0.3 is 0 Å². The van der Waals surface area contributed by atoms with Crippen molar-refractivity contribution in [2.75, 3.05) is 44.5 Å². The van der Waals surface area contributed by atoms with Gasteiger partial charge in [0.15, 0.2) is 11.5 Å². The summed E-state index contributed by atoms with van der Waals surface area (Å²) in [7, 11) is 3.21. The lowest BCUT2D eigenvalue weighted by molar-refractivity contribution is -0.122. The van der Waals surface area contributed by atoms with Crippen LogP contribution in [0, 0.1) is 0 Å². The number of nitrogens with one attached hydrogen (secondary N) is 2. The van der Waals surface area contributed by atoms with E-state index in [1.54, 1.807) is 55.3 Å². The minimum Gasteiger partial charge on any atom is -0.495 e. The predicted molar refractivity (Wildman–Crippen MR) is 115 cm³/mol. The highest BCUT2D eigenvalue weighted by atomic mass is 35.5. The molecular formula is C21H24ClN3O5. The van der Waals surface area contributed by atoms with Crippen LogP contribution in [0.4, 0.5) is 11.4 Å². The van der Waals surface area contributed by atoms with Crippen LogP contribution in [0.5, 0.6) is 17.2 Å². The first-order valence-electron chi connectivity index (χ1n) is 9.41. The SMILES string of the molecule is COc1ccc(Cl)cc1NC(=O)CN(C)[C@H](C)C(=O)Nc1ccc2c(c1)OCCO2. The van der Waals surface area contributed by atoms with E-state index in [0.717, 1.165) is 0 Å². The minimum absolute atomic E-state index is 0.00535. The summed E-state index contributed by atoms with van der Waals surface area (Å²) in [5.41, 5.74) is 1.06. The summed E-state index contributed by atoms with van der Waals surface area (Å²) < 4.78 is 16.2. The summed E-state index contributed by atoms with van der Waals surface area (Å²) >= 11 is 5.99. The molecule has 0 aliphatic carbocycles. The fraction of sp³-hybridized carbons (Fsp3) is 0.333. The summed E-state index contributed by atoms with van der Waals surface area (Å²) in [5, 5.41) is 6.07. The first-order valence-corrected chi connectivity index (χ1v) is 9.79. The van der Waals surface area contributed by atoms with Crippen molar-refractivity contribution < 1.29 is 23.8 Å². The molecule has 0 saturated carbocycles. The van der Waals surface area contributed by atoms with E-state index in [-0.39, 0.29) is 18.4 Å². The van der Waals surface area contributed by atoms with E-state index in [1.807, 2.05) is 0 Å². The third-order valence-corrected chi connectivity index (χ3v) is 4.91. The van der Waals surface area contributed by atoms with Crippen molar-refractivity contribution >= 4 is 34.8 Å². The highest BCUT2D eigenvalue weighted by molar-refractivity contribution is 6.31. The molecule has 0 spiro atoms. The van der Waals surface area contributed by atoms with Crippen LogP contribution in [0.1, 0.15) is 6.92 Å². The Hall–Kier alpha value is -2.97. The number of nitrogens with zero attached hydrogens (tertiary/aromatic N) is 1. The molecule has 2 amide bonds. The molecule has 1 aliphatic heterocycles. The number of hydrogen-bond donors (Lipinski definition) is 2. The van der Waals surface area contributed by atoms with Gasteiger partial charge in [0.25, 0.3) is 0 Å². The highest BCUT2D eigenvalue weighted by Crippen LogP contribution is 2.32. The standard InChI is InChI=1S/C21H24ClN3O5/c1-13(21(27)23-15-5-7-18-19(11-15)30-9-8-29-18)25(2)12-20(26)24-16-10-14(22)4-6-17(16)28-3/h4-7,10-11,13H,8-9,12H2,1-3H3,(H,23,27)(H,24,26)/t13-/m1/s1. The van der Waals surface area contributed by atoms with Crippen molar-refractivity contribution in [1.82, 2.24) is 4.90 Å². The van der Waals surface area contributed by atoms with Crippen LogP contribution >= 0.6 is 11.6 Å². The number of carbonyl (C=O) groups excluding carboxylic acids is 2. The second-order valence-electron chi connectivity index (χ2n) is 6.83. The van der Waals surface area contributed by atoms with E-state index in [1.165, 1.54) is 7.11 Å². The number of amides is 2. The molecule has 30 heavy (non-hydrogen) atoms. The summed E-state index contributed by atoms with van der Waals surface area (Å²) in [6, 6.07) is 9.62. The van der Waals surface area contributed by atoms with Crippen molar-refractivity contribution in [3.63, 3.8) is 0 Å². The van der Waals surface area contributed by atoms with Gasteiger partial charge in [0.2, 0.25) is 11.8 Å². The summed E-state index contributed by atoms with van der Waals surface area (Å²) in [6.07, 6.45) is 0. The number of ether oxygens (including phenoxy) is 3. The fourth-order valence-electron chi connectivity index (χ4n) is 2.90. The van der Waals surface area contributed by atoms with Gasteiger partial charge in [-0.2, -0.15) is 0 Å². The molecule has 1 aliphatic rings. The Morgan fingerprint density at radius 1 is 1.13 bits per heavy atom. The number of hydrogen-bond acceptors (Lipinski definition) is 6. The molecule has 8 nitrogen and oxygen atoms in total. The number of fused-ring (bicyclic) bond motifs is 1. The van der Waals surface area contributed by atoms with Crippen LogP contribution in [0.2, 0.25) is 5.02 Å². The van der Waals surface area contributed by atoms with E-state index in [0.29, 0.717) is 46.9 Å². The Kier molecular flexibility index (Phi) is 7.02. The van der Waals surface area contributed by atoms with Gasteiger partial charge in [-0.1, -0.05) is 11.6 Å². The number of rotatable bonds is 7. The zero-order chi connectivity index (χ0) is 21.7. The number of carbonyl (C=O) groups is 2. The van der Waals surface area contributed by atoms with E-state index in [4.69, 9.17) is 25.8 Å². The Labute approximate surface area is 180 Å². The van der Waals surface area contributed by atoms with Crippen molar-refractivity contribution in [3.8, 4) is 17.2 Å². The van der Waals surface area contributed by atoms with Gasteiger partial charge in [-0.15, -0.1) is 0 Å². The van der Waals surface area contributed by atoms with Gasteiger partial charge in [-0.05, 0) is 44.3 Å². The molecule has 2 aromatic rings. The number of halogens is 1. The van der Waals surface area contributed by atoms with Crippen molar-refractivity contribution in [2.24, 2.45) is 0 Å². The molecule has 0 aromatic heterocycles. The third kappa shape index (κ3) is 5.34. The second kappa shape index (κ2) is 9.69. The van der Waals surface area contributed by atoms with E-state index in [2.05, 4.69) is 10.6 Å². The maximum Gasteiger partial charge on any atom is 0.241 e. The largest absolute Gasteiger partial charge is 0.495 e. The average molecular weight is 434 g/mol. The minimum atomic E-state index is -0.551. The van der Waals surface area contributed by atoms with E-state index in [9.17, 15) is 9.59 Å². The lowest BCUT2D eigenvalue weighted by Crippen LogP contribution is -2.43. The third-order valence-electron chi connectivity index (χ3n) is 4.68. The van der Waals surface area contributed by atoms with Crippen LogP contribution in [-0.4, -0.2) is 56.7 Å². The van der Waals surface area contributed by atoms with Crippen molar-refractivity contribution in [1.29, 1.82) is 0 Å². The zero-order valence-electron chi connectivity index (χ0n) is 17.0. The van der Waals surface area contributed by atoms with Gasteiger partial charge in [0.1, 0.15) is 19.0 Å².